The number of nitrogens with zero attached hydrogens (tertiary/aromatic N) is 2. The van der Waals surface area contributed by atoms with Crippen molar-refractivity contribution < 1.29 is 18.7 Å². The summed E-state index contributed by atoms with van der Waals surface area (Å²) in [6.45, 7) is 6.37. The molecule has 0 saturated heterocycles. The third-order valence-electron chi connectivity index (χ3n) is 5.72. The molecule has 0 radical (unpaired) electrons. The van der Waals surface area contributed by atoms with E-state index in [0.717, 1.165) is 17.9 Å². The van der Waals surface area contributed by atoms with Crippen LogP contribution in [-0.2, 0) is 19.5 Å². The highest BCUT2D eigenvalue weighted by atomic mass is 16.5. The van der Waals surface area contributed by atoms with E-state index in [2.05, 4.69) is 43.0 Å². The maximum atomic E-state index is 12.9. The molecule has 3 rings (SSSR count). The van der Waals surface area contributed by atoms with E-state index in [9.17, 15) is 4.79 Å². The van der Waals surface area contributed by atoms with E-state index in [1.807, 2.05) is 30.3 Å². The number of hydrogen-bond acceptors (Lipinski definition) is 5. The van der Waals surface area contributed by atoms with E-state index in [1.54, 1.807) is 32.2 Å². The summed E-state index contributed by atoms with van der Waals surface area (Å²) in [4.78, 5) is 16.9. The first-order valence-corrected chi connectivity index (χ1v) is 11.2. The summed E-state index contributed by atoms with van der Waals surface area (Å²) in [5.74, 6) is 2.40. The first-order valence-electron chi connectivity index (χ1n) is 11.2. The molecule has 6 nitrogen and oxygen atoms in total. The summed E-state index contributed by atoms with van der Waals surface area (Å²) < 4.78 is 16.6. The molecule has 176 valence electrons. The van der Waals surface area contributed by atoms with Gasteiger partial charge in [-0.3, -0.25) is 9.69 Å². The summed E-state index contributed by atoms with van der Waals surface area (Å²) in [5, 5.41) is 0. The topological polar surface area (TPSA) is 55.2 Å². The van der Waals surface area contributed by atoms with Gasteiger partial charge in [0.25, 0.3) is 5.91 Å². The molecule has 0 N–H and O–H groups in total. The van der Waals surface area contributed by atoms with Crippen LogP contribution in [0.2, 0.25) is 0 Å². The van der Waals surface area contributed by atoms with Crippen molar-refractivity contribution in [2.75, 3.05) is 27.8 Å². The molecular weight excluding hydrogens is 416 g/mol. The van der Waals surface area contributed by atoms with Crippen molar-refractivity contribution in [3.8, 4) is 11.5 Å². The molecule has 33 heavy (non-hydrogen) atoms. The summed E-state index contributed by atoms with van der Waals surface area (Å²) in [6.07, 6.45) is 0.703. The van der Waals surface area contributed by atoms with Gasteiger partial charge < -0.3 is 18.8 Å². The normalized spacial score (nSPS) is 11.1. The second-order valence-corrected chi connectivity index (χ2v) is 8.42. The number of benzene rings is 2. The van der Waals surface area contributed by atoms with Crippen molar-refractivity contribution in [3.05, 3.63) is 83.3 Å². The summed E-state index contributed by atoms with van der Waals surface area (Å²) in [6, 6.07) is 20.2. The second kappa shape index (κ2) is 11.6. The lowest BCUT2D eigenvalue weighted by Gasteiger charge is -2.25. The van der Waals surface area contributed by atoms with Gasteiger partial charge >= 0.3 is 0 Å². The Hall–Kier alpha value is -3.25. The average molecular weight is 451 g/mol. The molecule has 2 aromatic carbocycles. The Balaban J connectivity index is 1.59. The van der Waals surface area contributed by atoms with Crippen LogP contribution in [0.3, 0.4) is 0 Å². The highest BCUT2D eigenvalue weighted by molar-refractivity contribution is 5.91. The van der Waals surface area contributed by atoms with Crippen molar-refractivity contribution in [1.82, 2.24) is 9.80 Å². The molecule has 0 aliphatic heterocycles. The zero-order valence-electron chi connectivity index (χ0n) is 20.2. The molecule has 0 fully saturated rings. The van der Waals surface area contributed by atoms with Crippen LogP contribution in [0.25, 0.3) is 0 Å². The zero-order chi connectivity index (χ0) is 23.8. The smallest absolute Gasteiger partial charge is 0.289 e. The molecule has 1 amide bonds. The lowest BCUT2D eigenvalue weighted by Crippen LogP contribution is -2.30. The minimum absolute atomic E-state index is 0.124. The number of carbonyl (C=O) groups is 1. The fourth-order valence-corrected chi connectivity index (χ4v) is 3.64. The van der Waals surface area contributed by atoms with Gasteiger partial charge in [-0.2, -0.15) is 0 Å². The molecule has 0 atom stereocenters. The molecule has 0 spiro atoms. The number of ether oxygens (including phenoxy) is 2. The van der Waals surface area contributed by atoms with Gasteiger partial charge in [0.15, 0.2) is 17.3 Å². The Bertz CT molecular complexity index is 1030. The molecule has 1 aromatic heterocycles. The summed E-state index contributed by atoms with van der Waals surface area (Å²) >= 11 is 0. The number of amides is 1. The van der Waals surface area contributed by atoms with Crippen molar-refractivity contribution in [1.29, 1.82) is 0 Å². The Labute approximate surface area is 196 Å². The SMILES string of the molecule is COc1ccc(CCN(C)C(=O)c2ccc(CN(Cc3ccccc3)C(C)C)o2)cc1OC. The highest BCUT2D eigenvalue weighted by Gasteiger charge is 2.18. The quantitative estimate of drug-likeness (QED) is 0.410. The van der Waals surface area contributed by atoms with Crippen LogP contribution in [0.5, 0.6) is 11.5 Å². The summed E-state index contributed by atoms with van der Waals surface area (Å²) in [5.41, 5.74) is 2.32. The van der Waals surface area contributed by atoms with Gasteiger partial charge in [-0.15, -0.1) is 0 Å². The van der Waals surface area contributed by atoms with Crippen molar-refractivity contribution >= 4 is 5.91 Å². The van der Waals surface area contributed by atoms with E-state index in [1.165, 1.54) is 5.56 Å². The summed E-state index contributed by atoms with van der Waals surface area (Å²) in [7, 11) is 5.02. The number of likely N-dealkylation sites (N-methyl/N-ethyl adjacent to an activating group) is 1. The second-order valence-electron chi connectivity index (χ2n) is 8.42. The third kappa shape index (κ3) is 6.62. The Morgan fingerprint density at radius 2 is 1.64 bits per heavy atom. The van der Waals surface area contributed by atoms with Crippen LogP contribution < -0.4 is 9.47 Å². The fraction of sp³-hybridized carbons (Fsp3) is 0.370. The van der Waals surface area contributed by atoms with Crippen LogP contribution in [0.4, 0.5) is 0 Å². The Morgan fingerprint density at radius 1 is 0.909 bits per heavy atom. The van der Waals surface area contributed by atoms with Gasteiger partial charge in [0.05, 0.1) is 20.8 Å². The Morgan fingerprint density at radius 3 is 2.30 bits per heavy atom. The zero-order valence-corrected chi connectivity index (χ0v) is 20.2. The monoisotopic (exact) mass is 450 g/mol. The van der Waals surface area contributed by atoms with E-state index in [4.69, 9.17) is 13.9 Å². The fourth-order valence-electron chi connectivity index (χ4n) is 3.64. The third-order valence-corrected chi connectivity index (χ3v) is 5.72. The minimum Gasteiger partial charge on any atom is -0.493 e. The number of furan rings is 1. The van der Waals surface area contributed by atoms with Gasteiger partial charge in [0.1, 0.15) is 5.76 Å². The highest BCUT2D eigenvalue weighted by Crippen LogP contribution is 2.27. The van der Waals surface area contributed by atoms with Crippen molar-refractivity contribution in [2.45, 2.75) is 39.4 Å². The molecule has 0 bridgehead atoms. The lowest BCUT2D eigenvalue weighted by molar-refractivity contribution is 0.0760. The number of carbonyl (C=O) groups excluding carboxylic acids is 1. The molecular formula is C27H34N2O4. The van der Waals surface area contributed by atoms with Crippen LogP contribution in [0.15, 0.2) is 65.1 Å². The first-order chi connectivity index (χ1) is 15.9. The molecule has 6 heteroatoms. The van der Waals surface area contributed by atoms with Gasteiger partial charge in [-0.05, 0) is 55.7 Å². The number of methoxy groups -OCH3 is 2. The van der Waals surface area contributed by atoms with Crippen LogP contribution in [0.1, 0.15) is 41.3 Å². The van der Waals surface area contributed by atoms with Crippen LogP contribution in [0, 0.1) is 0 Å². The first kappa shape index (κ1) is 24.4. The molecule has 0 unspecified atom stereocenters. The van der Waals surface area contributed by atoms with E-state index in [-0.39, 0.29) is 5.91 Å². The standard InChI is InChI=1S/C27H34N2O4/c1-20(2)29(18-22-9-7-6-8-10-22)19-23-12-14-25(33-23)27(30)28(3)16-15-21-11-13-24(31-4)26(17-21)32-5/h6-14,17,20H,15-16,18-19H2,1-5H3. The average Bonchev–Trinajstić information content (AvgIpc) is 3.30. The van der Waals surface area contributed by atoms with Gasteiger partial charge in [0.2, 0.25) is 0 Å². The van der Waals surface area contributed by atoms with E-state index in [0.29, 0.717) is 42.8 Å². The molecule has 0 aliphatic rings. The molecule has 3 aromatic rings. The molecule has 0 saturated carbocycles. The van der Waals surface area contributed by atoms with Crippen LogP contribution in [-0.4, -0.2) is 49.6 Å². The predicted octanol–water partition coefficient (Wildman–Crippen LogP) is 5.02. The van der Waals surface area contributed by atoms with E-state index >= 15 is 0 Å². The van der Waals surface area contributed by atoms with Crippen molar-refractivity contribution in [3.63, 3.8) is 0 Å². The van der Waals surface area contributed by atoms with Crippen LogP contribution >= 0.6 is 0 Å². The minimum atomic E-state index is -0.124. The molecule has 1 heterocycles. The van der Waals surface area contributed by atoms with Gasteiger partial charge in [-0.25, -0.2) is 0 Å². The number of rotatable bonds is 11. The largest absolute Gasteiger partial charge is 0.493 e. The lowest BCUT2D eigenvalue weighted by atomic mass is 10.1. The van der Waals surface area contributed by atoms with Gasteiger partial charge in [-0.1, -0.05) is 36.4 Å². The maximum Gasteiger partial charge on any atom is 0.289 e. The number of hydrogen-bond donors (Lipinski definition) is 0. The van der Waals surface area contributed by atoms with Crippen molar-refractivity contribution in [2.24, 2.45) is 0 Å². The maximum absolute atomic E-state index is 12.9. The predicted molar refractivity (Wildman–Crippen MR) is 130 cm³/mol. The molecule has 0 aliphatic carbocycles. The van der Waals surface area contributed by atoms with E-state index < -0.39 is 0 Å². The Kier molecular flexibility index (Phi) is 8.55. The van der Waals surface area contributed by atoms with Gasteiger partial charge in [0, 0.05) is 26.2 Å².